The van der Waals surface area contributed by atoms with Gasteiger partial charge >= 0.3 is 6.18 Å². The number of ether oxygens (including phenoxy) is 1. The number of halogens is 4. The summed E-state index contributed by atoms with van der Waals surface area (Å²) in [4.78, 5) is 12.5. The lowest BCUT2D eigenvalue weighted by Gasteiger charge is -2.18. The van der Waals surface area contributed by atoms with E-state index in [-0.39, 0.29) is 24.8 Å². The second kappa shape index (κ2) is 8.13. The molecule has 2 aromatic rings. The summed E-state index contributed by atoms with van der Waals surface area (Å²) < 4.78 is 43.8. The maximum atomic E-state index is 12.5. The van der Waals surface area contributed by atoms with Crippen LogP contribution in [0.1, 0.15) is 24.0 Å². The van der Waals surface area contributed by atoms with E-state index in [1.807, 2.05) is 24.3 Å². The fourth-order valence-corrected chi connectivity index (χ4v) is 3.18. The van der Waals surface area contributed by atoms with Gasteiger partial charge in [0.25, 0.3) is 0 Å². The molecule has 1 amide bonds. The van der Waals surface area contributed by atoms with Gasteiger partial charge in [-0.05, 0) is 54.8 Å². The molecule has 1 aliphatic carbocycles. The molecule has 1 aliphatic rings. The molecule has 1 atom stereocenters. The molecule has 8 heteroatoms. The first-order valence-electron chi connectivity index (χ1n) is 8.73. The van der Waals surface area contributed by atoms with Crippen molar-refractivity contribution >= 4 is 21.8 Å². The van der Waals surface area contributed by atoms with Crippen molar-refractivity contribution in [3.8, 4) is 5.75 Å². The summed E-state index contributed by atoms with van der Waals surface area (Å²) in [5.41, 5.74) is -0.381. The van der Waals surface area contributed by atoms with Crippen LogP contribution in [0, 0.1) is 0 Å². The van der Waals surface area contributed by atoms with Crippen LogP contribution in [0.2, 0.25) is 0 Å². The Bertz CT molecular complexity index is 818. The zero-order chi connectivity index (χ0) is 20.4. The van der Waals surface area contributed by atoms with Gasteiger partial charge in [0.2, 0.25) is 5.91 Å². The van der Waals surface area contributed by atoms with Crippen LogP contribution in [-0.2, 0) is 16.4 Å². The van der Waals surface area contributed by atoms with Crippen molar-refractivity contribution in [2.75, 3.05) is 13.2 Å². The van der Waals surface area contributed by atoms with E-state index in [1.165, 1.54) is 12.1 Å². The minimum absolute atomic E-state index is 0.00224. The Labute approximate surface area is 168 Å². The molecular weight excluding hydrogens is 439 g/mol. The van der Waals surface area contributed by atoms with Gasteiger partial charge in [-0.2, -0.15) is 13.2 Å². The van der Waals surface area contributed by atoms with Crippen LogP contribution in [0.15, 0.2) is 53.0 Å². The summed E-state index contributed by atoms with van der Waals surface area (Å²) >= 11 is 3.37. The number of alkyl halides is 3. The highest BCUT2D eigenvalue weighted by atomic mass is 79.9. The molecule has 0 spiro atoms. The summed E-state index contributed by atoms with van der Waals surface area (Å²) in [6.07, 6.45) is -3.89. The van der Waals surface area contributed by atoms with E-state index >= 15 is 0 Å². The lowest BCUT2D eigenvalue weighted by molar-refractivity contribution is -0.137. The third-order valence-electron chi connectivity index (χ3n) is 4.70. The van der Waals surface area contributed by atoms with Crippen LogP contribution >= 0.6 is 15.9 Å². The molecule has 0 aliphatic heterocycles. The number of aliphatic hydroxyl groups is 1. The van der Waals surface area contributed by atoms with Gasteiger partial charge in [0, 0.05) is 11.0 Å². The van der Waals surface area contributed by atoms with Crippen molar-refractivity contribution < 1.29 is 27.8 Å². The van der Waals surface area contributed by atoms with E-state index < -0.39 is 23.3 Å². The molecule has 2 aromatic carbocycles. The molecule has 28 heavy (non-hydrogen) atoms. The van der Waals surface area contributed by atoms with Gasteiger partial charge in [0.05, 0.1) is 11.0 Å². The molecule has 0 aromatic heterocycles. The predicted molar refractivity (Wildman–Crippen MR) is 101 cm³/mol. The van der Waals surface area contributed by atoms with Crippen LogP contribution in [0.4, 0.5) is 13.2 Å². The Morgan fingerprint density at radius 2 is 1.75 bits per heavy atom. The quantitative estimate of drug-likeness (QED) is 0.659. The molecule has 1 fully saturated rings. The van der Waals surface area contributed by atoms with E-state index in [0.717, 1.165) is 35.0 Å². The van der Waals surface area contributed by atoms with Crippen LogP contribution in [-0.4, -0.2) is 30.3 Å². The Kier molecular flexibility index (Phi) is 6.00. The Morgan fingerprint density at radius 3 is 2.29 bits per heavy atom. The molecule has 1 unspecified atom stereocenters. The van der Waals surface area contributed by atoms with Crippen molar-refractivity contribution in [1.82, 2.24) is 5.32 Å². The molecule has 0 heterocycles. The topological polar surface area (TPSA) is 58.6 Å². The number of nitrogens with one attached hydrogen (secondary N) is 1. The Balaban J connectivity index is 1.47. The number of carbonyl (C=O) groups excluding carboxylic acids is 1. The number of hydrogen-bond donors (Lipinski definition) is 2. The fraction of sp³-hybridized carbons (Fsp3) is 0.350. The van der Waals surface area contributed by atoms with Gasteiger partial charge < -0.3 is 15.2 Å². The first-order chi connectivity index (χ1) is 13.2. The van der Waals surface area contributed by atoms with E-state index in [4.69, 9.17) is 4.74 Å². The maximum absolute atomic E-state index is 12.5. The predicted octanol–water partition coefficient (Wildman–Crippen LogP) is 4.06. The molecule has 1 saturated carbocycles. The third-order valence-corrected chi connectivity index (χ3v) is 5.23. The van der Waals surface area contributed by atoms with Crippen molar-refractivity contribution in [2.45, 2.75) is 30.5 Å². The van der Waals surface area contributed by atoms with E-state index in [0.29, 0.717) is 0 Å². The third kappa shape index (κ3) is 4.86. The standard InChI is InChI=1S/C20H19BrF3NO3/c21-15-5-1-13(2-6-15)19(9-10-19)18(27)25-11-16(26)12-28-17-7-3-14(4-8-17)20(22,23)24/h1-8,16,26H,9-12H2,(H,25,27). The molecule has 0 saturated heterocycles. The van der Waals surface area contributed by atoms with Crippen LogP contribution in [0.25, 0.3) is 0 Å². The minimum atomic E-state index is -4.41. The van der Waals surface area contributed by atoms with Gasteiger partial charge in [-0.1, -0.05) is 28.1 Å². The highest BCUT2D eigenvalue weighted by Gasteiger charge is 2.51. The van der Waals surface area contributed by atoms with Crippen molar-refractivity contribution in [1.29, 1.82) is 0 Å². The summed E-state index contributed by atoms with van der Waals surface area (Å²) in [5.74, 6) is 0.0651. The second-order valence-corrected chi connectivity index (χ2v) is 7.70. The van der Waals surface area contributed by atoms with Gasteiger partial charge in [-0.15, -0.1) is 0 Å². The largest absolute Gasteiger partial charge is 0.491 e. The molecule has 150 valence electrons. The number of hydrogen-bond acceptors (Lipinski definition) is 3. The zero-order valence-corrected chi connectivity index (χ0v) is 16.4. The van der Waals surface area contributed by atoms with Gasteiger partial charge in [-0.25, -0.2) is 0 Å². The Morgan fingerprint density at radius 1 is 1.14 bits per heavy atom. The van der Waals surface area contributed by atoms with Crippen LogP contribution in [0.3, 0.4) is 0 Å². The molecule has 2 N–H and O–H groups in total. The minimum Gasteiger partial charge on any atom is -0.491 e. The first-order valence-corrected chi connectivity index (χ1v) is 9.52. The first kappa shape index (κ1) is 20.7. The number of aliphatic hydroxyl groups excluding tert-OH is 1. The number of rotatable bonds is 7. The average molecular weight is 458 g/mol. The smallest absolute Gasteiger partial charge is 0.416 e. The average Bonchev–Trinajstić information content (AvgIpc) is 3.46. The van der Waals surface area contributed by atoms with E-state index in [9.17, 15) is 23.1 Å². The lowest BCUT2D eigenvalue weighted by Crippen LogP contribution is -2.40. The maximum Gasteiger partial charge on any atom is 0.416 e. The van der Waals surface area contributed by atoms with Crippen molar-refractivity contribution in [3.63, 3.8) is 0 Å². The van der Waals surface area contributed by atoms with Gasteiger partial charge in [-0.3, -0.25) is 4.79 Å². The molecule has 0 bridgehead atoms. The molecule has 0 radical (unpaired) electrons. The highest BCUT2D eigenvalue weighted by molar-refractivity contribution is 9.10. The summed E-state index contributed by atoms with van der Waals surface area (Å²) in [6, 6.07) is 11.8. The zero-order valence-electron chi connectivity index (χ0n) is 14.8. The monoisotopic (exact) mass is 457 g/mol. The van der Waals surface area contributed by atoms with Crippen LogP contribution in [0.5, 0.6) is 5.75 Å². The number of benzene rings is 2. The molecular formula is C20H19BrF3NO3. The molecule has 3 rings (SSSR count). The normalized spacial score (nSPS) is 16.3. The summed E-state index contributed by atoms with van der Waals surface area (Å²) in [5, 5.41) is 12.7. The number of amides is 1. The second-order valence-electron chi connectivity index (χ2n) is 6.79. The van der Waals surface area contributed by atoms with E-state index in [2.05, 4.69) is 21.2 Å². The summed E-state index contributed by atoms with van der Waals surface area (Å²) in [7, 11) is 0. The highest BCUT2D eigenvalue weighted by Crippen LogP contribution is 2.48. The summed E-state index contributed by atoms with van der Waals surface area (Å²) in [6.45, 7) is -0.144. The van der Waals surface area contributed by atoms with Crippen molar-refractivity contribution in [3.05, 3.63) is 64.1 Å². The van der Waals surface area contributed by atoms with E-state index in [1.54, 1.807) is 0 Å². The van der Waals surface area contributed by atoms with Gasteiger partial charge in [0.15, 0.2) is 0 Å². The van der Waals surface area contributed by atoms with Crippen molar-refractivity contribution in [2.24, 2.45) is 0 Å². The lowest BCUT2D eigenvalue weighted by atomic mass is 9.95. The molecule has 4 nitrogen and oxygen atoms in total. The Hall–Kier alpha value is -2.06. The number of carbonyl (C=O) groups is 1. The SMILES string of the molecule is O=C(NCC(O)COc1ccc(C(F)(F)F)cc1)C1(c2ccc(Br)cc2)CC1. The van der Waals surface area contributed by atoms with Gasteiger partial charge in [0.1, 0.15) is 18.5 Å². The fourth-order valence-electron chi connectivity index (χ4n) is 2.91. The van der Waals surface area contributed by atoms with Crippen LogP contribution < -0.4 is 10.1 Å².